The Morgan fingerprint density at radius 2 is 1.67 bits per heavy atom. The van der Waals surface area contributed by atoms with E-state index in [1.165, 1.54) is 11.6 Å². The van der Waals surface area contributed by atoms with E-state index in [2.05, 4.69) is 27.5 Å². The van der Waals surface area contributed by atoms with Crippen molar-refractivity contribution in [3.05, 3.63) is 95.6 Å². The van der Waals surface area contributed by atoms with Gasteiger partial charge in [0.05, 0.1) is 5.52 Å². The summed E-state index contributed by atoms with van der Waals surface area (Å²) in [6, 6.07) is 21.9. The summed E-state index contributed by atoms with van der Waals surface area (Å²) in [4.78, 5) is 21.5. The van der Waals surface area contributed by atoms with Gasteiger partial charge in [0.25, 0.3) is 5.91 Å². The van der Waals surface area contributed by atoms with Gasteiger partial charge in [-0.15, -0.1) is 0 Å². The predicted molar refractivity (Wildman–Crippen MR) is 116 cm³/mol. The van der Waals surface area contributed by atoms with Gasteiger partial charge in [0, 0.05) is 23.2 Å². The third-order valence-electron chi connectivity index (χ3n) is 4.83. The van der Waals surface area contributed by atoms with E-state index in [0.717, 1.165) is 17.5 Å². The van der Waals surface area contributed by atoms with Crippen LogP contribution in [0.15, 0.2) is 72.8 Å². The highest BCUT2D eigenvalue weighted by atomic mass is 19.1. The molecule has 1 heterocycles. The first-order chi connectivity index (χ1) is 14.6. The van der Waals surface area contributed by atoms with Crippen LogP contribution >= 0.6 is 0 Å². The van der Waals surface area contributed by atoms with Gasteiger partial charge in [-0.2, -0.15) is 0 Å². The molecular formula is C24H21FN4O. The number of benzene rings is 3. The Hall–Kier alpha value is -3.80. The van der Waals surface area contributed by atoms with Crippen LogP contribution in [0.5, 0.6) is 0 Å². The maximum Gasteiger partial charge on any atom is 0.289 e. The number of amides is 1. The van der Waals surface area contributed by atoms with Crippen LogP contribution in [0, 0.1) is 5.82 Å². The van der Waals surface area contributed by atoms with Gasteiger partial charge in [-0.25, -0.2) is 14.4 Å². The molecule has 30 heavy (non-hydrogen) atoms. The van der Waals surface area contributed by atoms with Crippen molar-refractivity contribution >= 4 is 28.3 Å². The summed E-state index contributed by atoms with van der Waals surface area (Å²) in [5.41, 5.74) is 3.16. The number of aryl methyl sites for hydroxylation is 1. The lowest BCUT2D eigenvalue weighted by Gasteiger charge is -2.12. The largest absolute Gasteiger partial charge is 0.345 e. The number of halogens is 1. The van der Waals surface area contributed by atoms with Gasteiger partial charge in [0.15, 0.2) is 0 Å². The van der Waals surface area contributed by atoms with Crippen molar-refractivity contribution in [3.8, 4) is 0 Å². The molecule has 0 aliphatic rings. The molecule has 0 aliphatic heterocycles. The van der Waals surface area contributed by atoms with Crippen molar-refractivity contribution in [2.45, 2.75) is 19.9 Å². The monoisotopic (exact) mass is 400 g/mol. The fraction of sp³-hybridized carbons (Fsp3) is 0.125. The molecule has 1 amide bonds. The summed E-state index contributed by atoms with van der Waals surface area (Å²) < 4.78 is 13.8. The van der Waals surface area contributed by atoms with Crippen molar-refractivity contribution in [2.75, 3.05) is 5.32 Å². The maximum atomic E-state index is 13.8. The number of fused-ring (bicyclic) bond motifs is 1. The molecular weight excluding hydrogens is 379 g/mol. The molecule has 5 nitrogen and oxygen atoms in total. The number of anilines is 2. The molecule has 0 fully saturated rings. The van der Waals surface area contributed by atoms with Crippen LogP contribution in [-0.4, -0.2) is 15.9 Å². The Bertz CT molecular complexity index is 1190. The second-order valence-electron chi connectivity index (χ2n) is 6.86. The summed E-state index contributed by atoms with van der Waals surface area (Å²) in [5.74, 6) is -0.262. The molecule has 3 aromatic carbocycles. The normalized spacial score (nSPS) is 10.7. The van der Waals surface area contributed by atoms with E-state index in [1.54, 1.807) is 18.2 Å². The van der Waals surface area contributed by atoms with Crippen LogP contribution in [0.4, 0.5) is 15.9 Å². The van der Waals surface area contributed by atoms with Gasteiger partial charge in [-0.1, -0.05) is 49.4 Å². The molecule has 0 bridgehead atoms. The summed E-state index contributed by atoms with van der Waals surface area (Å²) in [6.45, 7) is 2.16. The third kappa shape index (κ3) is 4.27. The minimum absolute atomic E-state index is 0.0257. The summed E-state index contributed by atoms with van der Waals surface area (Å²) in [5, 5.41) is 6.79. The molecule has 0 radical (unpaired) electrons. The van der Waals surface area contributed by atoms with Crippen molar-refractivity contribution in [2.24, 2.45) is 0 Å². The van der Waals surface area contributed by atoms with Crippen LogP contribution < -0.4 is 10.6 Å². The smallest absolute Gasteiger partial charge is 0.289 e. The van der Waals surface area contributed by atoms with Crippen molar-refractivity contribution in [1.82, 2.24) is 15.3 Å². The van der Waals surface area contributed by atoms with Crippen LogP contribution in [0.25, 0.3) is 10.9 Å². The fourth-order valence-electron chi connectivity index (χ4n) is 3.13. The molecule has 150 valence electrons. The zero-order valence-electron chi connectivity index (χ0n) is 16.5. The van der Waals surface area contributed by atoms with Gasteiger partial charge >= 0.3 is 0 Å². The number of nitrogens with zero attached hydrogens (tertiary/aromatic N) is 2. The van der Waals surface area contributed by atoms with Crippen molar-refractivity contribution in [3.63, 3.8) is 0 Å². The molecule has 2 N–H and O–H groups in total. The summed E-state index contributed by atoms with van der Waals surface area (Å²) in [6.07, 6.45) is 0.961. The zero-order chi connectivity index (χ0) is 20.9. The first kappa shape index (κ1) is 19.5. The van der Waals surface area contributed by atoms with E-state index >= 15 is 0 Å². The molecule has 0 atom stereocenters. The van der Waals surface area contributed by atoms with Gasteiger partial charge in [-0.05, 0) is 42.3 Å². The van der Waals surface area contributed by atoms with Crippen LogP contribution in [0.1, 0.15) is 28.7 Å². The molecule has 6 heteroatoms. The Balaban J connectivity index is 1.62. The molecule has 4 rings (SSSR count). The summed E-state index contributed by atoms with van der Waals surface area (Å²) >= 11 is 0. The second kappa shape index (κ2) is 8.69. The van der Waals surface area contributed by atoms with E-state index in [-0.39, 0.29) is 18.2 Å². The SMILES string of the molecule is CCc1ccc(Nc2nc(C(=O)NCc3ccccc3F)nc3ccccc23)cc1. The lowest BCUT2D eigenvalue weighted by molar-refractivity contribution is 0.0940. The van der Waals surface area contributed by atoms with E-state index in [1.807, 2.05) is 48.5 Å². The average molecular weight is 400 g/mol. The van der Waals surface area contributed by atoms with Crippen molar-refractivity contribution in [1.29, 1.82) is 0 Å². The highest BCUT2D eigenvalue weighted by molar-refractivity contribution is 5.97. The molecule has 1 aromatic heterocycles. The fourth-order valence-corrected chi connectivity index (χ4v) is 3.13. The number of rotatable bonds is 6. The lowest BCUT2D eigenvalue weighted by Crippen LogP contribution is -2.25. The molecule has 4 aromatic rings. The minimum Gasteiger partial charge on any atom is -0.345 e. The Kier molecular flexibility index (Phi) is 5.66. The number of aromatic nitrogens is 2. The van der Waals surface area contributed by atoms with Gasteiger partial charge < -0.3 is 10.6 Å². The number of hydrogen-bond acceptors (Lipinski definition) is 4. The number of para-hydroxylation sites is 1. The van der Waals surface area contributed by atoms with E-state index in [9.17, 15) is 9.18 Å². The predicted octanol–water partition coefficient (Wildman–Crippen LogP) is 5.00. The van der Waals surface area contributed by atoms with Crippen LogP contribution in [0.3, 0.4) is 0 Å². The molecule has 0 spiro atoms. The third-order valence-corrected chi connectivity index (χ3v) is 4.83. The molecule has 0 unspecified atom stereocenters. The van der Waals surface area contributed by atoms with Crippen LogP contribution in [0.2, 0.25) is 0 Å². The van der Waals surface area contributed by atoms with E-state index in [4.69, 9.17) is 0 Å². The minimum atomic E-state index is -0.464. The molecule has 0 saturated heterocycles. The number of hydrogen-bond donors (Lipinski definition) is 2. The lowest BCUT2D eigenvalue weighted by atomic mass is 10.1. The Morgan fingerprint density at radius 3 is 2.43 bits per heavy atom. The average Bonchev–Trinajstić information content (AvgIpc) is 2.78. The van der Waals surface area contributed by atoms with Crippen LogP contribution in [-0.2, 0) is 13.0 Å². The maximum absolute atomic E-state index is 13.8. The number of carbonyl (C=O) groups is 1. The van der Waals surface area contributed by atoms with Gasteiger partial charge in [0.2, 0.25) is 5.82 Å². The topological polar surface area (TPSA) is 66.9 Å². The van der Waals surface area contributed by atoms with E-state index < -0.39 is 5.91 Å². The first-order valence-corrected chi connectivity index (χ1v) is 9.78. The highest BCUT2D eigenvalue weighted by Gasteiger charge is 2.15. The first-order valence-electron chi connectivity index (χ1n) is 9.78. The second-order valence-corrected chi connectivity index (χ2v) is 6.86. The number of carbonyl (C=O) groups excluding carboxylic acids is 1. The van der Waals surface area contributed by atoms with Crippen molar-refractivity contribution < 1.29 is 9.18 Å². The molecule has 0 saturated carbocycles. The quantitative estimate of drug-likeness (QED) is 0.478. The zero-order valence-corrected chi connectivity index (χ0v) is 16.5. The van der Waals surface area contributed by atoms with E-state index in [0.29, 0.717) is 16.9 Å². The highest BCUT2D eigenvalue weighted by Crippen LogP contribution is 2.24. The Morgan fingerprint density at radius 1 is 0.933 bits per heavy atom. The summed E-state index contributed by atoms with van der Waals surface area (Å²) in [7, 11) is 0. The van der Waals surface area contributed by atoms with Gasteiger partial charge in [-0.3, -0.25) is 4.79 Å². The number of nitrogens with one attached hydrogen (secondary N) is 2. The van der Waals surface area contributed by atoms with Gasteiger partial charge in [0.1, 0.15) is 11.6 Å². The standard InChI is InChI=1S/C24H21FN4O/c1-2-16-11-13-18(14-12-16)27-22-19-8-4-6-10-21(19)28-23(29-22)24(30)26-15-17-7-3-5-9-20(17)25/h3-14H,2,15H2,1H3,(H,26,30)(H,27,28,29). The Labute approximate surface area is 174 Å². The molecule has 0 aliphatic carbocycles.